The standard InChI is InChI=1S/C34H29N/c1-25-10-8-15-30-16-9-17-32(34(25)30)28-21-18-26(19-22-28)20-23-31(27-11-4-2-5-12-27)24-33(35)29-13-6-3-7-14-29/h2-19,21-24H,20,35H2,1H3/b31-23+,33-24-. The van der Waals surface area contributed by atoms with Gasteiger partial charge in [-0.1, -0.05) is 127 Å². The number of rotatable bonds is 6. The summed E-state index contributed by atoms with van der Waals surface area (Å²) >= 11 is 0. The van der Waals surface area contributed by atoms with Crippen molar-refractivity contribution in [3.8, 4) is 11.1 Å². The van der Waals surface area contributed by atoms with E-state index in [9.17, 15) is 0 Å². The Kier molecular flexibility index (Phi) is 6.59. The summed E-state index contributed by atoms with van der Waals surface area (Å²) in [5, 5.41) is 2.61. The van der Waals surface area contributed by atoms with Gasteiger partial charge in [0.25, 0.3) is 0 Å². The molecule has 5 rings (SSSR count). The third-order valence-corrected chi connectivity index (χ3v) is 6.46. The van der Waals surface area contributed by atoms with Crippen molar-refractivity contribution >= 4 is 22.0 Å². The smallest absolute Gasteiger partial charge is 0.0393 e. The van der Waals surface area contributed by atoms with E-state index in [-0.39, 0.29) is 0 Å². The van der Waals surface area contributed by atoms with E-state index in [1.165, 1.54) is 33.0 Å². The zero-order valence-electron chi connectivity index (χ0n) is 20.0. The normalized spacial score (nSPS) is 12.1. The molecule has 0 aliphatic heterocycles. The largest absolute Gasteiger partial charge is 0.398 e. The van der Waals surface area contributed by atoms with Crippen LogP contribution < -0.4 is 5.73 Å². The first-order valence-corrected chi connectivity index (χ1v) is 12.0. The maximum atomic E-state index is 6.46. The molecule has 0 atom stereocenters. The first-order chi connectivity index (χ1) is 17.2. The van der Waals surface area contributed by atoms with E-state index in [1.54, 1.807) is 0 Å². The molecule has 1 heteroatoms. The minimum Gasteiger partial charge on any atom is -0.398 e. The van der Waals surface area contributed by atoms with Crippen LogP contribution in [-0.2, 0) is 6.42 Å². The molecule has 0 aliphatic carbocycles. The predicted octanol–water partition coefficient (Wildman–Crippen LogP) is 8.44. The molecule has 0 heterocycles. The fourth-order valence-electron chi connectivity index (χ4n) is 4.59. The van der Waals surface area contributed by atoms with E-state index < -0.39 is 0 Å². The van der Waals surface area contributed by atoms with Gasteiger partial charge >= 0.3 is 0 Å². The summed E-state index contributed by atoms with van der Waals surface area (Å²) in [6.45, 7) is 2.19. The van der Waals surface area contributed by atoms with Crippen molar-refractivity contribution in [1.82, 2.24) is 0 Å². The van der Waals surface area contributed by atoms with Gasteiger partial charge in [-0.05, 0) is 69.1 Å². The van der Waals surface area contributed by atoms with Crippen LogP contribution in [0.3, 0.4) is 0 Å². The molecule has 0 radical (unpaired) electrons. The van der Waals surface area contributed by atoms with Gasteiger partial charge in [0.15, 0.2) is 0 Å². The highest BCUT2D eigenvalue weighted by molar-refractivity contribution is 5.98. The molecule has 0 unspecified atom stereocenters. The van der Waals surface area contributed by atoms with Crippen molar-refractivity contribution in [2.45, 2.75) is 13.3 Å². The Labute approximate surface area is 207 Å². The van der Waals surface area contributed by atoms with Crippen molar-refractivity contribution in [1.29, 1.82) is 0 Å². The number of aryl methyl sites for hydroxylation is 1. The molecule has 0 saturated carbocycles. The van der Waals surface area contributed by atoms with Gasteiger partial charge in [0.2, 0.25) is 0 Å². The summed E-state index contributed by atoms with van der Waals surface area (Å²) in [5.41, 5.74) is 15.7. The summed E-state index contributed by atoms with van der Waals surface area (Å²) in [5.74, 6) is 0. The average molecular weight is 452 g/mol. The Bertz CT molecular complexity index is 1490. The van der Waals surface area contributed by atoms with Crippen molar-refractivity contribution < 1.29 is 0 Å². The SMILES string of the molecule is Cc1cccc2cccc(-c3ccc(C/C=C(\C=C(/N)c4ccccc4)c4ccccc4)cc3)c12. The molecule has 0 aliphatic rings. The zero-order valence-corrected chi connectivity index (χ0v) is 20.0. The lowest BCUT2D eigenvalue weighted by molar-refractivity contribution is 1.27. The number of benzene rings is 5. The number of nitrogens with two attached hydrogens (primary N) is 1. The number of fused-ring (bicyclic) bond motifs is 1. The van der Waals surface area contributed by atoms with Crippen molar-refractivity contribution in [2.75, 3.05) is 0 Å². The second-order valence-corrected chi connectivity index (χ2v) is 8.87. The van der Waals surface area contributed by atoms with E-state index in [0.717, 1.165) is 28.8 Å². The quantitative estimate of drug-likeness (QED) is 0.258. The van der Waals surface area contributed by atoms with Gasteiger partial charge in [-0.25, -0.2) is 0 Å². The van der Waals surface area contributed by atoms with Gasteiger partial charge in [-0.3, -0.25) is 0 Å². The highest BCUT2D eigenvalue weighted by atomic mass is 14.6. The second-order valence-electron chi connectivity index (χ2n) is 8.87. The molecule has 0 aromatic heterocycles. The highest BCUT2D eigenvalue weighted by Crippen LogP contribution is 2.31. The van der Waals surface area contributed by atoms with Crippen LogP contribution >= 0.6 is 0 Å². The fourth-order valence-corrected chi connectivity index (χ4v) is 4.59. The van der Waals surface area contributed by atoms with Crippen LogP contribution in [0.15, 0.2) is 133 Å². The molecule has 5 aromatic carbocycles. The van der Waals surface area contributed by atoms with Gasteiger partial charge in [0, 0.05) is 5.70 Å². The molecule has 5 aromatic rings. The van der Waals surface area contributed by atoms with Crippen molar-refractivity contribution in [3.63, 3.8) is 0 Å². The van der Waals surface area contributed by atoms with Gasteiger partial charge in [0.05, 0.1) is 0 Å². The van der Waals surface area contributed by atoms with Crippen LogP contribution in [0, 0.1) is 6.92 Å². The fraction of sp³-hybridized carbons (Fsp3) is 0.0588. The second kappa shape index (κ2) is 10.3. The van der Waals surface area contributed by atoms with Gasteiger partial charge < -0.3 is 5.73 Å². The van der Waals surface area contributed by atoms with E-state index in [4.69, 9.17) is 5.73 Å². The lowest BCUT2D eigenvalue weighted by Crippen LogP contribution is -1.97. The molecule has 0 saturated heterocycles. The van der Waals surface area contributed by atoms with E-state index >= 15 is 0 Å². The summed E-state index contributed by atoms with van der Waals surface area (Å²) < 4.78 is 0. The molecule has 0 fully saturated rings. The lowest BCUT2D eigenvalue weighted by Gasteiger charge is -2.10. The zero-order chi connectivity index (χ0) is 24.0. The summed E-state index contributed by atoms with van der Waals surface area (Å²) in [7, 11) is 0. The van der Waals surface area contributed by atoms with Crippen LogP contribution in [0.5, 0.6) is 0 Å². The molecule has 0 spiro atoms. The highest BCUT2D eigenvalue weighted by Gasteiger charge is 2.07. The summed E-state index contributed by atoms with van der Waals surface area (Å²) in [4.78, 5) is 0. The van der Waals surface area contributed by atoms with E-state index in [1.807, 2.05) is 36.4 Å². The molecular formula is C34H29N. The lowest BCUT2D eigenvalue weighted by atomic mass is 9.94. The molecule has 0 amide bonds. The molecular weight excluding hydrogens is 422 g/mol. The average Bonchev–Trinajstić information content (AvgIpc) is 2.92. The molecule has 0 bridgehead atoms. The third-order valence-electron chi connectivity index (χ3n) is 6.46. The minimum absolute atomic E-state index is 0.766. The third kappa shape index (κ3) is 5.10. The van der Waals surface area contributed by atoms with Crippen molar-refractivity contribution in [2.24, 2.45) is 5.73 Å². The Hall–Kier alpha value is -4.36. The summed E-state index contributed by atoms with van der Waals surface area (Å²) in [6, 6.07) is 42.5. The van der Waals surface area contributed by atoms with Crippen molar-refractivity contribution in [3.05, 3.63) is 156 Å². The Morgan fingerprint density at radius 1 is 0.657 bits per heavy atom. The molecule has 1 nitrogen and oxygen atoms in total. The molecule has 170 valence electrons. The van der Waals surface area contributed by atoms with E-state index in [2.05, 4.69) is 104 Å². The van der Waals surface area contributed by atoms with Gasteiger partial charge in [-0.15, -0.1) is 0 Å². The number of hydrogen-bond donors (Lipinski definition) is 1. The monoisotopic (exact) mass is 451 g/mol. The van der Waals surface area contributed by atoms with Crippen LogP contribution in [0.1, 0.15) is 22.3 Å². The van der Waals surface area contributed by atoms with Crippen LogP contribution in [-0.4, -0.2) is 0 Å². The van der Waals surface area contributed by atoms with Crippen LogP contribution in [0.4, 0.5) is 0 Å². The maximum Gasteiger partial charge on any atom is 0.0393 e. The Morgan fingerprint density at radius 3 is 1.97 bits per heavy atom. The predicted molar refractivity (Wildman–Crippen MR) is 151 cm³/mol. The Morgan fingerprint density at radius 2 is 1.29 bits per heavy atom. The topological polar surface area (TPSA) is 26.0 Å². The number of hydrogen-bond acceptors (Lipinski definition) is 1. The minimum atomic E-state index is 0.766. The molecule has 2 N–H and O–H groups in total. The van der Waals surface area contributed by atoms with Gasteiger partial charge in [-0.2, -0.15) is 0 Å². The van der Waals surface area contributed by atoms with Gasteiger partial charge in [0.1, 0.15) is 0 Å². The van der Waals surface area contributed by atoms with Crippen LogP contribution in [0.25, 0.3) is 33.2 Å². The summed E-state index contributed by atoms with van der Waals surface area (Å²) in [6.07, 6.45) is 5.18. The van der Waals surface area contributed by atoms with Crippen LogP contribution in [0.2, 0.25) is 0 Å². The van der Waals surface area contributed by atoms with E-state index in [0.29, 0.717) is 0 Å². The maximum absolute atomic E-state index is 6.46. The Balaban J connectivity index is 1.45. The first kappa shape index (κ1) is 22.4. The number of allylic oxidation sites excluding steroid dienone is 3. The molecule has 35 heavy (non-hydrogen) atoms. The first-order valence-electron chi connectivity index (χ1n) is 12.0.